The molecule has 1 heterocycles. The van der Waals surface area contributed by atoms with Gasteiger partial charge in [-0.3, -0.25) is 4.79 Å². The van der Waals surface area contributed by atoms with Gasteiger partial charge in [0.25, 0.3) is 0 Å². The molecule has 3 rings (SSSR count). The van der Waals surface area contributed by atoms with Crippen molar-refractivity contribution in [3.05, 3.63) is 36.2 Å². The maximum absolute atomic E-state index is 12.7. The van der Waals surface area contributed by atoms with Crippen LogP contribution in [0.1, 0.15) is 31.1 Å². The molecule has 1 amide bonds. The lowest BCUT2D eigenvalue weighted by atomic mass is 10.2. The van der Waals surface area contributed by atoms with Crippen molar-refractivity contribution in [1.82, 2.24) is 14.8 Å². The lowest BCUT2D eigenvalue weighted by Gasteiger charge is -2.21. The molecule has 0 aliphatic heterocycles. The molecule has 1 fully saturated rings. The van der Waals surface area contributed by atoms with Gasteiger partial charge in [-0.25, -0.2) is 0 Å². The summed E-state index contributed by atoms with van der Waals surface area (Å²) < 4.78 is 2.13. The second kappa shape index (κ2) is 7.49. The first kappa shape index (κ1) is 16.5. The Kier molecular flexibility index (Phi) is 5.16. The summed E-state index contributed by atoms with van der Waals surface area (Å²) >= 11 is 1.42. The van der Waals surface area contributed by atoms with E-state index in [9.17, 15) is 4.79 Å². The molecule has 0 N–H and O–H groups in total. The fraction of sp³-hybridized carbons (Fsp3) is 0.412. The number of anilines is 1. The van der Waals surface area contributed by atoms with Gasteiger partial charge < -0.3 is 9.47 Å². The van der Waals surface area contributed by atoms with E-state index < -0.39 is 0 Å². The minimum atomic E-state index is -0.0237. The zero-order valence-electron chi connectivity index (χ0n) is 13.6. The lowest BCUT2D eigenvalue weighted by Crippen LogP contribution is -2.33. The summed E-state index contributed by atoms with van der Waals surface area (Å²) in [6, 6.07) is 12.1. The predicted molar refractivity (Wildman–Crippen MR) is 92.8 cm³/mol. The summed E-state index contributed by atoms with van der Waals surface area (Å²) in [5, 5.41) is 18.0. The van der Waals surface area contributed by atoms with Crippen molar-refractivity contribution in [3.63, 3.8) is 0 Å². The third-order valence-corrected chi connectivity index (χ3v) is 4.82. The Morgan fingerprint density at radius 3 is 2.79 bits per heavy atom. The third kappa shape index (κ3) is 3.77. The SMILES string of the molecule is Cc1nnc(SCC(=O)N(CCC#N)c2ccccc2)n1C1CC1. The van der Waals surface area contributed by atoms with Gasteiger partial charge in [0.15, 0.2) is 5.16 Å². The summed E-state index contributed by atoms with van der Waals surface area (Å²) in [4.78, 5) is 14.3. The Balaban J connectivity index is 1.69. The number of hydrogen-bond donors (Lipinski definition) is 0. The quantitative estimate of drug-likeness (QED) is 0.724. The van der Waals surface area contributed by atoms with Gasteiger partial charge in [-0.15, -0.1) is 10.2 Å². The molecule has 1 saturated carbocycles. The van der Waals surface area contributed by atoms with Gasteiger partial charge in [0, 0.05) is 18.3 Å². The Labute approximate surface area is 145 Å². The van der Waals surface area contributed by atoms with Crippen molar-refractivity contribution in [2.24, 2.45) is 0 Å². The van der Waals surface area contributed by atoms with Crippen molar-refractivity contribution in [2.75, 3.05) is 17.2 Å². The van der Waals surface area contributed by atoms with Gasteiger partial charge in [0.1, 0.15) is 5.82 Å². The van der Waals surface area contributed by atoms with Crippen LogP contribution in [0, 0.1) is 18.3 Å². The predicted octanol–water partition coefficient (Wildman–Crippen LogP) is 2.96. The van der Waals surface area contributed by atoms with E-state index in [0.717, 1.165) is 29.5 Å². The van der Waals surface area contributed by atoms with Crippen LogP contribution in [0.15, 0.2) is 35.5 Å². The Bertz CT molecular complexity index is 748. The van der Waals surface area contributed by atoms with Crippen LogP contribution in [0.2, 0.25) is 0 Å². The van der Waals surface area contributed by atoms with Gasteiger partial charge in [-0.2, -0.15) is 5.26 Å². The van der Waals surface area contributed by atoms with Crippen LogP contribution in [0.3, 0.4) is 0 Å². The lowest BCUT2D eigenvalue weighted by molar-refractivity contribution is -0.116. The first-order valence-electron chi connectivity index (χ1n) is 7.97. The highest BCUT2D eigenvalue weighted by molar-refractivity contribution is 7.99. The number of nitriles is 1. The second-order valence-electron chi connectivity index (χ2n) is 5.71. The Hall–Kier alpha value is -2.33. The van der Waals surface area contributed by atoms with Crippen molar-refractivity contribution >= 4 is 23.4 Å². The number of benzene rings is 1. The summed E-state index contributed by atoms with van der Waals surface area (Å²) in [7, 11) is 0. The maximum Gasteiger partial charge on any atom is 0.237 e. The molecule has 2 aromatic rings. The monoisotopic (exact) mass is 341 g/mol. The second-order valence-corrected chi connectivity index (χ2v) is 6.65. The highest BCUT2D eigenvalue weighted by Gasteiger charge is 2.28. The summed E-state index contributed by atoms with van der Waals surface area (Å²) in [6.45, 7) is 2.34. The molecule has 0 radical (unpaired) electrons. The Morgan fingerprint density at radius 2 is 2.12 bits per heavy atom. The molecule has 1 aliphatic carbocycles. The highest BCUT2D eigenvalue weighted by Crippen LogP contribution is 2.38. The van der Waals surface area contributed by atoms with Crippen molar-refractivity contribution in [3.8, 4) is 6.07 Å². The minimum absolute atomic E-state index is 0.0237. The van der Waals surface area contributed by atoms with Crippen LogP contribution in [-0.4, -0.2) is 33.0 Å². The summed E-state index contributed by atoms with van der Waals surface area (Å²) in [6.07, 6.45) is 2.61. The van der Waals surface area contributed by atoms with Gasteiger partial charge >= 0.3 is 0 Å². The van der Waals surface area contributed by atoms with Gasteiger partial charge in [0.2, 0.25) is 5.91 Å². The van der Waals surface area contributed by atoms with Crippen LogP contribution in [0.4, 0.5) is 5.69 Å². The topological polar surface area (TPSA) is 74.8 Å². The van der Waals surface area contributed by atoms with E-state index >= 15 is 0 Å². The van der Waals surface area contributed by atoms with E-state index in [1.807, 2.05) is 37.3 Å². The maximum atomic E-state index is 12.7. The number of carbonyl (C=O) groups excluding carboxylic acids is 1. The number of para-hydroxylation sites is 1. The van der Waals surface area contributed by atoms with Crippen LogP contribution in [-0.2, 0) is 4.79 Å². The number of amides is 1. The molecular weight excluding hydrogens is 322 g/mol. The zero-order chi connectivity index (χ0) is 16.9. The molecule has 24 heavy (non-hydrogen) atoms. The molecule has 1 aromatic heterocycles. The van der Waals surface area contributed by atoms with E-state index in [0.29, 0.717) is 19.0 Å². The number of carbonyl (C=O) groups is 1. The molecule has 124 valence electrons. The first-order chi connectivity index (χ1) is 11.7. The smallest absolute Gasteiger partial charge is 0.237 e. The summed E-state index contributed by atoms with van der Waals surface area (Å²) in [5.74, 6) is 1.16. The largest absolute Gasteiger partial charge is 0.311 e. The number of nitrogens with zero attached hydrogens (tertiary/aromatic N) is 5. The zero-order valence-corrected chi connectivity index (χ0v) is 14.4. The first-order valence-corrected chi connectivity index (χ1v) is 8.96. The minimum Gasteiger partial charge on any atom is -0.311 e. The van der Waals surface area contributed by atoms with Crippen LogP contribution < -0.4 is 4.90 Å². The molecule has 0 atom stereocenters. The Morgan fingerprint density at radius 1 is 1.38 bits per heavy atom. The molecule has 0 spiro atoms. The van der Waals surface area contributed by atoms with E-state index in [2.05, 4.69) is 20.8 Å². The molecule has 1 aromatic carbocycles. The molecular formula is C17H19N5OS. The molecule has 0 bridgehead atoms. The highest BCUT2D eigenvalue weighted by atomic mass is 32.2. The molecule has 7 heteroatoms. The van der Waals surface area contributed by atoms with Gasteiger partial charge in [0.05, 0.1) is 18.2 Å². The fourth-order valence-electron chi connectivity index (χ4n) is 2.57. The van der Waals surface area contributed by atoms with Gasteiger partial charge in [-0.05, 0) is 31.9 Å². The number of rotatable bonds is 7. The number of aryl methyl sites for hydroxylation is 1. The normalized spacial score (nSPS) is 13.5. The average molecular weight is 341 g/mol. The average Bonchev–Trinajstić information content (AvgIpc) is 3.37. The number of hydrogen-bond acceptors (Lipinski definition) is 5. The van der Waals surface area contributed by atoms with Gasteiger partial charge in [-0.1, -0.05) is 30.0 Å². The number of thioether (sulfide) groups is 1. The van der Waals surface area contributed by atoms with E-state index in [1.165, 1.54) is 11.8 Å². The standard InChI is InChI=1S/C17H19N5OS/c1-13-19-20-17(22(13)15-8-9-15)24-12-16(23)21(11-5-10-18)14-6-3-2-4-7-14/h2-4,6-7,15H,5,8-9,11-12H2,1H3. The molecule has 0 unspecified atom stereocenters. The van der Waals surface area contributed by atoms with E-state index in [4.69, 9.17) is 5.26 Å². The van der Waals surface area contributed by atoms with Crippen LogP contribution in [0.25, 0.3) is 0 Å². The van der Waals surface area contributed by atoms with Crippen molar-refractivity contribution in [1.29, 1.82) is 5.26 Å². The van der Waals surface area contributed by atoms with Crippen molar-refractivity contribution in [2.45, 2.75) is 37.4 Å². The molecule has 0 saturated heterocycles. The fourth-order valence-corrected chi connectivity index (χ4v) is 3.50. The van der Waals surface area contributed by atoms with E-state index in [1.54, 1.807) is 4.90 Å². The summed E-state index contributed by atoms with van der Waals surface area (Å²) in [5.41, 5.74) is 0.818. The van der Waals surface area contributed by atoms with E-state index in [-0.39, 0.29) is 11.7 Å². The number of aromatic nitrogens is 3. The molecule has 6 nitrogen and oxygen atoms in total. The molecule has 1 aliphatic rings. The van der Waals surface area contributed by atoms with Crippen molar-refractivity contribution < 1.29 is 4.79 Å². The van der Waals surface area contributed by atoms with Crippen LogP contribution in [0.5, 0.6) is 0 Å². The third-order valence-electron chi connectivity index (χ3n) is 3.89. The van der Waals surface area contributed by atoms with Crippen LogP contribution >= 0.6 is 11.8 Å².